The van der Waals surface area contributed by atoms with Gasteiger partial charge in [0.25, 0.3) is 0 Å². The summed E-state index contributed by atoms with van der Waals surface area (Å²) >= 11 is 0. The van der Waals surface area contributed by atoms with E-state index < -0.39 is 47.9 Å². The summed E-state index contributed by atoms with van der Waals surface area (Å²) in [4.78, 5) is 55.6. The summed E-state index contributed by atoms with van der Waals surface area (Å²) in [5.41, 5.74) is 23.8. The molecule has 0 fully saturated rings. The summed E-state index contributed by atoms with van der Waals surface area (Å²) < 4.78 is 0. The maximum absolute atomic E-state index is 13.5. The van der Waals surface area contributed by atoms with Gasteiger partial charge in [0, 0.05) is 13.0 Å². The van der Waals surface area contributed by atoms with Gasteiger partial charge in [0.2, 0.25) is 17.7 Å². The van der Waals surface area contributed by atoms with Crippen LogP contribution in [0.15, 0.2) is 59.6 Å². The molecule has 0 heterocycles. The maximum atomic E-state index is 13.5. The number of nitrogens with zero attached hydrogens (tertiary/aromatic N) is 1. The zero-order valence-corrected chi connectivity index (χ0v) is 24.7. The Bertz CT molecular complexity index is 1240. The van der Waals surface area contributed by atoms with Crippen molar-refractivity contribution >= 4 is 29.7 Å². The number of carboxylic acid groups (broad SMARTS) is 1. The minimum Gasteiger partial charge on any atom is -0.508 e. The van der Waals surface area contributed by atoms with Gasteiger partial charge in [0.15, 0.2) is 5.96 Å². The van der Waals surface area contributed by atoms with Crippen molar-refractivity contribution in [2.45, 2.75) is 69.1 Å². The maximum Gasteiger partial charge on any atom is 0.326 e. The Hall–Kier alpha value is -4.69. The molecule has 2 rings (SSSR count). The van der Waals surface area contributed by atoms with Crippen molar-refractivity contribution in [3.63, 3.8) is 0 Å². The highest BCUT2D eigenvalue weighted by atomic mass is 16.4. The lowest BCUT2D eigenvalue weighted by atomic mass is 10.0. The number of aliphatic imine (C=N–C) groups is 1. The summed E-state index contributed by atoms with van der Waals surface area (Å²) in [7, 11) is 0. The number of aromatic hydroxyl groups is 1. The number of phenols is 1. The van der Waals surface area contributed by atoms with Gasteiger partial charge in [-0.2, -0.15) is 0 Å². The fourth-order valence-corrected chi connectivity index (χ4v) is 4.38. The van der Waals surface area contributed by atoms with Crippen LogP contribution in [-0.4, -0.2) is 77.1 Å². The molecular formula is C30H44N8O6. The Morgan fingerprint density at radius 2 is 1.30 bits per heavy atom. The first-order chi connectivity index (χ1) is 21.0. The molecule has 0 aliphatic heterocycles. The van der Waals surface area contributed by atoms with E-state index in [4.69, 9.17) is 22.9 Å². The summed E-state index contributed by atoms with van der Waals surface area (Å²) in [6.07, 6.45) is 1.96. The number of carbonyl (C=O) groups is 4. The summed E-state index contributed by atoms with van der Waals surface area (Å²) in [6.45, 7) is 0.576. The lowest BCUT2D eigenvalue weighted by molar-refractivity contribution is -0.142. The van der Waals surface area contributed by atoms with Crippen molar-refractivity contribution in [3.05, 3.63) is 65.7 Å². The molecule has 0 aliphatic rings. The highest BCUT2D eigenvalue weighted by Crippen LogP contribution is 2.12. The molecule has 4 atom stereocenters. The molecule has 0 spiro atoms. The van der Waals surface area contributed by atoms with Crippen LogP contribution < -0.4 is 38.9 Å². The number of guanidine groups is 1. The first kappa shape index (κ1) is 35.5. The first-order valence-corrected chi connectivity index (χ1v) is 14.5. The summed E-state index contributed by atoms with van der Waals surface area (Å²) in [5, 5.41) is 27.1. The van der Waals surface area contributed by atoms with Crippen LogP contribution in [0.5, 0.6) is 5.75 Å². The van der Waals surface area contributed by atoms with E-state index in [9.17, 15) is 29.4 Å². The van der Waals surface area contributed by atoms with Crippen LogP contribution in [0.4, 0.5) is 0 Å². The smallest absolute Gasteiger partial charge is 0.326 e. The van der Waals surface area contributed by atoms with Gasteiger partial charge in [-0.1, -0.05) is 42.5 Å². The SMILES string of the molecule is NCCCCC(NC(=O)C(N)Cc1ccc(O)cc1)C(=O)NC(Cc1ccccc1)C(=O)NC(CCCN=C(N)N)C(=O)O. The fraction of sp³-hybridized carbons (Fsp3) is 0.433. The molecule has 0 saturated carbocycles. The average Bonchev–Trinajstić information content (AvgIpc) is 2.99. The van der Waals surface area contributed by atoms with Crippen LogP contribution in [0.3, 0.4) is 0 Å². The normalized spacial score (nSPS) is 13.5. The Balaban J connectivity index is 2.19. The number of amides is 3. The zero-order chi connectivity index (χ0) is 32.5. The van der Waals surface area contributed by atoms with Crippen molar-refractivity contribution in [3.8, 4) is 5.75 Å². The van der Waals surface area contributed by atoms with Crippen molar-refractivity contribution in [2.24, 2.45) is 27.9 Å². The Labute approximate surface area is 256 Å². The second-order valence-electron chi connectivity index (χ2n) is 10.4. The number of carbonyl (C=O) groups excluding carboxylic acids is 3. The van der Waals surface area contributed by atoms with Gasteiger partial charge < -0.3 is 49.1 Å². The number of unbranched alkanes of at least 4 members (excludes halogenated alkanes) is 1. The number of phenolic OH excluding ortho intramolecular Hbond substituents is 1. The minimum atomic E-state index is -1.25. The Morgan fingerprint density at radius 3 is 1.91 bits per heavy atom. The number of hydrogen-bond acceptors (Lipinski definition) is 8. The molecule has 13 N–H and O–H groups in total. The first-order valence-electron chi connectivity index (χ1n) is 14.5. The molecule has 44 heavy (non-hydrogen) atoms. The number of nitrogens with two attached hydrogens (primary N) is 4. The molecule has 0 aliphatic carbocycles. The van der Waals surface area contributed by atoms with Crippen molar-refractivity contribution in [2.75, 3.05) is 13.1 Å². The predicted molar refractivity (Wildman–Crippen MR) is 166 cm³/mol. The molecule has 2 aromatic rings. The second-order valence-corrected chi connectivity index (χ2v) is 10.4. The lowest BCUT2D eigenvalue weighted by Crippen LogP contribution is -2.57. The van der Waals surface area contributed by atoms with E-state index in [1.54, 1.807) is 42.5 Å². The quantitative estimate of drug-likeness (QED) is 0.0543. The van der Waals surface area contributed by atoms with Gasteiger partial charge in [0.1, 0.15) is 23.9 Å². The van der Waals surface area contributed by atoms with Crippen molar-refractivity contribution < 1.29 is 29.4 Å². The summed E-state index contributed by atoms with van der Waals surface area (Å²) in [6, 6.07) is 10.8. The molecule has 4 unspecified atom stereocenters. The molecule has 0 bridgehead atoms. The van der Waals surface area contributed by atoms with Crippen LogP contribution in [-0.2, 0) is 32.0 Å². The van der Waals surface area contributed by atoms with E-state index >= 15 is 0 Å². The van der Waals surface area contributed by atoms with Gasteiger partial charge >= 0.3 is 5.97 Å². The number of hydrogen-bond donors (Lipinski definition) is 9. The third-order valence-corrected chi connectivity index (χ3v) is 6.78. The molecule has 14 heteroatoms. The van der Waals surface area contributed by atoms with Crippen LogP contribution in [0.25, 0.3) is 0 Å². The van der Waals surface area contributed by atoms with Gasteiger partial charge in [-0.3, -0.25) is 19.4 Å². The van der Waals surface area contributed by atoms with Crippen LogP contribution in [0, 0.1) is 0 Å². The molecule has 14 nitrogen and oxygen atoms in total. The standard InChI is InChI=1S/C30H44N8O6/c31-15-5-4-9-23(36-26(40)22(32)17-20-11-13-21(39)14-12-20)27(41)38-25(18-19-7-2-1-3-8-19)28(42)37-24(29(43)44)10-6-16-35-30(33)34/h1-3,7-8,11-14,22-25,39H,4-6,9-10,15-18,31-32H2,(H,36,40)(H,37,42)(H,38,41)(H,43,44)(H4,33,34,35). The zero-order valence-electron chi connectivity index (χ0n) is 24.7. The third-order valence-electron chi connectivity index (χ3n) is 6.78. The number of benzene rings is 2. The van der Waals surface area contributed by atoms with Crippen LogP contribution >= 0.6 is 0 Å². The van der Waals surface area contributed by atoms with Crippen LogP contribution in [0.2, 0.25) is 0 Å². The number of rotatable bonds is 19. The summed E-state index contributed by atoms with van der Waals surface area (Å²) in [5.74, 6) is -3.18. The molecule has 3 amide bonds. The largest absolute Gasteiger partial charge is 0.508 e. The molecule has 2 aromatic carbocycles. The second kappa shape index (κ2) is 18.8. The molecule has 0 aromatic heterocycles. The topological polar surface area (TPSA) is 261 Å². The van der Waals surface area contributed by atoms with Crippen LogP contribution in [0.1, 0.15) is 43.2 Å². The molecular weight excluding hydrogens is 568 g/mol. The highest BCUT2D eigenvalue weighted by Gasteiger charge is 2.30. The van der Waals surface area contributed by atoms with Gasteiger partial charge in [-0.15, -0.1) is 0 Å². The predicted octanol–water partition coefficient (Wildman–Crippen LogP) is -0.774. The van der Waals surface area contributed by atoms with E-state index in [0.717, 1.165) is 11.1 Å². The van der Waals surface area contributed by atoms with Crippen molar-refractivity contribution in [1.82, 2.24) is 16.0 Å². The van der Waals surface area contributed by atoms with Gasteiger partial charge in [0.05, 0.1) is 6.04 Å². The minimum absolute atomic E-state index is 0.0561. The molecule has 0 radical (unpaired) electrons. The number of aliphatic carboxylic acids is 1. The highest BCUT2D eigenvalue weighted by molar-refractivity contribution is 5.94. The fourth-order valence-electron chi connectivity index (χ4n) is 4.38. The average molecular weight is 613 g/mol. The monoisotopic (exact) mass is 612 g/mol. The van der Waals surface area contributed by atoms with E-state index in [1.807, 2.05) is 0 Å². The van der Waals surface area contributed by atoms with E-state index in [1.165, 1.54) is 12.1 Å². The van der Waals surface area contributed by atoms with Gasteiger partial charge in [-0.05, 0) is 68.3 Å². The van der Waals surface area contributed by atoms with E-state index in [0.29, 0.717) is 25.8 Å². The van der Waals surface area contributed by atoms with Gasteiger partial charge in [-0.25, -0.2) is 4.79 Å². The molecule has 0 saturated heterocycles. The van der Waals surface area contributed by atoms with E-state index in [2.05, 4.69) is 20.9 Å². The van der Waals surface area contributed by atoms with Crippen molar-refractivity contribution in [1.29, 1.82) is 0 Å². The Kier molecular flexibility index (Phi) is 15.1. The molecule has 240 valence electrons. The number of carboxylic acids is 1. The third kappa shape index (κ3) is 13.1. The Morgan fingerprint density at radius 1 is 0.727 bits per heavy atom. The van der Waals surface area contributed by atoms with E-state index in [-0.39, 0.29) is 43.9 Å². The lowest BCUT2D eigenvalue weighted by Gasteiger charge is -2.25. The number of nitrogens with one attached hydrogen (secondary N) is 3.